The average molecular weight is 364 g/mol. The van der Waals surface area contributed by atoms with Crippen molar-refractivity contribution in [2.75, 3.05) is 5.73 Å². The van der Waals surface area contributed by atoms with Crippen LogP contribution >= 0.6 is 11.6 Å². The van der Waals surface area contributed by atoms with Crippen molar-refractivity contribution >= 4 is 17.4 Å². The third-order valence-corrected chi connectivity index (χ3v) is 3.80. The normalized spacial score (nSPS) is 11.3. The molecule has 0 saturated heterocycles. The lowest BCUT2D eigenvalue weighted by atomic mass is 10.0. The SMILES string of the molecule is N#Cc1cn(-c2cc(N)ncn2)cc1-c1cc(C(F)(F)F)ccc1Cl. The summed E-state index contributed by atoms with van der Waals surface area (Å²) >= 11 is 6.06. The Labute approximate surface area is 145 Å². The van der Waals surface area contributed by atoms with E-state index < -0.39 is 11.7 Å². The molecule has 2 N–H and O–H groups in total. The Hall–Kier alpha value is -3.05. The van der Waals surface area contributed by atoms with Gasteiger partial charge in [-0.3, -0.25) is 0 Å². The number of alkyl halides is 3. The Bertz CT molecular complexity index is 988. The van der Waals surface area contributed by atoms with E-state index in [0.717, 1.165) is 18.2 Å². The van der Waals surface area contributed by atoms with Gasteiger partial charge in [-0.15, -0.1) is 0 Å². The van der Waals surface area contributed by atoms with Crippen LogP contribution < -0.4 is 5.73 Å². The van der Waals surface area contributed by atoms with Gasteiger partial charge >= 0.3 is 6.18 Å². The summed E-state index contributed by atoms with van der Waals surface area (Å²) in [6, 6.07) is 6.38. The number of nitrogen functional groups attached to an aromatic ring is 1. The summed E-state index contributed by atoms with van der Waals surface area (Å²) in [6.07, 6.45) is -0.362. The third kappa shape index (κ3) is 3.27. The third-order valence-electron chi connectivity index (χ3n) is 3.47. The van der Waals surface area contributed by atoms with Crippen LogP contribution in [0.3, 0.4) is 0 Å². The number of rotatable bonds is 2. The molecular weight excluding hydrogens is 355 g/mol. The molecule has 3 aromatic rings. The highest BCUT2D eigenvalue weighted by Gasteiger charge is 2.31. The molecule has 1 aromatic carbocycles. The lowest BCUT2D eigenvalue weighted by Crippen LogP contribution is -2.04. The molecule has 0 aliphatic carbocycles. The van der Waals surface area contributed by atoms with E-state index in [-0.39, 0.29) is 27.5 Å². The van der Waals surface area contributed by atoms with E-state index in [9.17, 15) is 18.4 Å². The van der Waals surface area contributed by atoms with Gasteiger partial charge in [0.1, 0.15) is 24.0 Å². The summed E-state index contributed by atoms with van der Waals surface area (Å²) in [5, 5.41) is 9.43. The van der Waals surface area contributed by atoms with Gasteiger partial charge in [0.25, 0.3) is 0 Å². The zero-order chi connectivity index (χ0) is 18.2. The largest absolute Gasteiger partial charge is 0.416 e. The monoisotopic (exact) mass is 363 g/mol. The van der Waals surface area contributed by atoms with Crippen LogP contribution in [0.2, 0.25) is 5.02 Å². The molecule has 25 heavy (non-hydrogen) atoms. The van der Waals surface area contributed by atoms with Gasteiger partial charge in [0.2, 0.25) is 0 Å². The first kappa shape index (κ1) is 16.8. The Morgan fingerprint density at radius 3 is 2.52 bits per heavy atom. The van der Waals surface area contributed by atoms with E-state index in [4.69, 9.17) is 17.3 Å². The minimum Gasteiger partial charge on any atom is -0.384 e. The van der Waals surface area contributed by atoms with Crippen molar-refractivity contribution in [1.82, 2.24) is 14.5 Å². The maximum atomic E-state index is 13.0. The van der Waals surface area contributed by atoms with Gasteiger partial charge in [-0.2, -0.15) is 18.4 Å². The molecule has 0 aliphatic rings. The molecule has 2 aromatic heterocycles. The van der Waals surface area contributed by atoms with E-state index in [0.29, 0.717) is 5.82 Å². The van der Waals surface area contributed by atoms with Crippen LogP contribution in [0, 0.1) is 11.3 Å². The summed E-state index contributed by atoms with van der Waals surface area (Å²) in [6.45, 7) is 0. The predicted octanol–water partition coefficient (Wildman–Crippen LogP) is 4.06. The highest BCUT2D eigenvalue weighted by Crippen LogP contribution is 2.37. The number of nitriles is 1. The standard InChI is InChI=1S/C16H9ClF3N5/c17-13-2-1-10(16(18,19)20)3-11(13)12-7-25(6-9(12)5-21)15-4-14(22)23-8-24-15/h1-4,6-8H,(H2,22,23,24). The maximum Gasteiger partial charge on any atom is 0.416 e. The van der Waals surface area contributed by atoms with E-state index in [1.54, 1.807) is 0 Å². The Kier molecular flexibility index (Phi) is 4.10. The van der Waals surface area contributed by atoms with Crippen LogP contribution in [0.4, 0.5) is 19.0 Å². The molecule has 0 saturated carbocycles. The van der Waals surface area contributed by atoms with E-state index in [1.807, 2.05) is 6.07 Å². The Balaban J connectivity index is 2.17. The van der Waals surface area contributed by atoms with E-state index in [2.05, 4.69) is 9.97 Å². The highest BCUT2D eigenvalue weighted by atomic mass is 35.5. The molecule has 5 nitrogen and oxygen atoms in total. The van der Waals surface area contributed by atoms with Gasteiger partial charge in [-0.25, -0.2) is 9.97 Å². The number of hydrogen-bond donors (Lipinski definition) is 1. The van der Waals surface area contributed by atoms with Gasteiger partial charge in [0, 0.05) is 34.6 Å². The van der Waals surface area contributed by atoms with Crippen LogP contribution in [0.25, 0.3) is 16.9 Å². The molecule has 0 radical (unpaired) electrons. The predicted molar refractivity (Wildman–Crippen MR) is 85.9 cm³/mol. The van der Waals surface area contributed by atoms with Crippen LogP contribution in [-0.4, -0.2) is 14.5 Å². The van der Waals surface area contributed by atoms with E-state index in [1.165, 1.54) is 29.4 Å². The molecule has 0 atom stereocenters. The first-order valence-electron chi connectivity index (χ1n) is 6.86. The molecule has 0 amide bonds. The number of nitrogens with two attached hydrogens (primary N) is 1. The van der Waals surface area contributed by atoms with Crippen molar-refractivity contribution in [3.63, 3.8) is 0 Å². The van der Waals surface area contributed by atoms with Crippen LogP contribution in [0.1, 0.15) is 11.1 Å². The number of nitrogens with zero attached hydrogens (tertiary/aromatic N) is 4. The van der Waals surface area contributed by atoms with Gasteiger partial charge in [-0.05, 0) is 18.2 Å². The second-order valence-electron chi connectivity index (χ2n) is 5.10. The molecule has 0 spiro atoms. The Morgan fingerprint density at radius 1 is 1.12 bits per heavy atom. The van der Waals surface area contributed by atoms with Crippen molar-refractivity contribution in [1.29, 1.82) is 5.26 Å². The fraction of sp³-hybridized carbons (Fsp3) is 0.0625. The molecular formula is C16H9ClF3N5. The highest BCUT2D eigenvalue weighted by molar-refractivity contribution is 6.33. The number of benzene rings is 1. The number of anilines is 1. The van der Waals surface area contributed by atoms with Crippen molar-refractivity contribution in [2.24, 2.45) is 0 Å². The fourth-order valence-electron chi connectivity index (χ4n) is 2.30. The minimum atomic E-state index is -4.52. The lowest BCUT2D eigenvalue weighted by molar-refractivity contribution is -0.137. The van der Waals surface area contributed by atoms with Crippen molar-refractivity contribution in [3.05, 3.63) is 59.1 Å². The molecule has 126 valence electrons. The van der Waals surface area contributed by atoms with Gasteiger partial charge in [-0.1, -0.05) is 11.6 Å². The smallest absolute Gasteiger partial charge is 0.384 e. The second-order valence-corrected chi connectivity index (χ2v) is 5.51. The molecule has 2 heterocycles. The summed E-state index contributed by atoms with van der Waals surface area (Å²) in [5.74, 6) is 0.592. The molecule has 0 unspecified atom stereocenters. The van der Waals surface area contributed by atoms with Crippen LogP contribution in [0.5, 0.6) is 0 Å². The maximum absolute atomic E-state index is 13.0. The summed E-state index contributed by atoms with van der Waals surface area (Å²) in [5.41, 5.74) is 5.27. The number of halogens is 4. The zero-order valence-corrected chi connectivity index (χ0v) is 13.2. The first-order valence-corrected chi connectivity index (χ1v) is 7.24. The van der Waals surface area contributed by atoms with E-state index >= 15 is 0 Å². The molecule has 0 aliphatic heterocycles. The second kappa shape index (κ2) is 6.11. The molecule has 3 rings (SSSR count). The zero-order valence-electron chi connectivity index (χ0n) is 12.4. The quantitative estimate of drug-likeness (QED) is 0.744. The van der Waals surface area contributed by atoms with Crippen molar-refractivity contribution < 1.29 is 13.2 Å². The first-order chi connectivity index (χ1) is 11.8. The topological polar surface area (TPSA) is 80.5 Å². The average Bonchev–Trinajstić information content (AvgIpc) is 2.98. The van der Waals surface area contributed by atoms with Crippen molar-refractivity contribution in [3.8, 4) is 23.0 Å². The summed E-state index contributed by atoms with van der Waals surface area (Å²) in [4.78, 5) is 7.79. The van der Waals surface area contributed by atoms with Gasteiger partial charge in [0.15, 0.2) is 0 Å². The van der Waals surface area contributed by atoms with Crippen molar-refractivity contribution in [2.45, 2.75) is 6.18 Å². The molecule has 0 fully saturated rings. The van der Waals surface area contributed by atoms with Gasteiger partial charge < -0.3 is 10.3 Å². The number of hydrogen-bond acceptors (Lipinski definition) is 4. The number of aromatic nitrogens is 3. The molecule has 9 heteroatoms. The van der Waals surface area contributed by atoms with Crippen LogP contribution in [0.15, 0.2) is 43.0 Å². The summed E-state index contributed by atoms with van der Waals surface area (Å²) in [7, 11) is 0. The summed E-state index contributed by atoms with van der Waals surface area (Å²) < 4.78 is 40.4. The van der Waals surface area contributed by atoms with Gasteiger partial charge in [0.05, 0.1) is 11.1 Å². The lowest BCUT2D eigenvalue weighted by Gasteiger charge is -2.10. The Morgan fingerprint density at radius 2 is 1.88 bits per heavy atom. The minimum absolute atomic E-state index is 0.101. The fourth-order valence-corrected chi connectivity index (χ4v) is 2.52. The molecule has 0 bridgehead atoms. The van der Waals surface area contributed by atoms with Crippen LogP contribution in [-0.2, 0) is 6.18 Å².